The van der Waals surface area contributed by atoms with Crippen LogP contribution in [0.25, 0.3) is 0 Å². The second kappa shape index (κ2) is 6.38. The Labute approximate surface area is 111 Å². The maximum Gasteiger partial charge on any atom is 0.0594 e. The number of hydrogen-bond donors (Lipinski definition) is 1. The van der Waals surface area contributed by atoms with Crippen molar-refractivity contribution in [3.63, 3.8) is 0 Å². The van der Waals surface area contributed by atoms with Crippen LogP contribution >= 0.6 is 15.9 Å². The van der Waals surface area contributed by atoms with E-state index in [1.165, 1.54) is 11.3 Å². The van der Waals surface area contributed by atoms with E-state index >= 15 is 0 Å². The normalized spacial score (nSPS) is 17.1. The van der Waals surface area contributed by atoms with Gasteiger partial charge >= 0.3 is 0 Å². The number of benzene rings is 1. The Kier molecular flexibility index (Phi) is 4.83. The van der Waals surface area contributed by atoms with E-state index in [0.717, 1.165) is 43.9 Å². The van der Waals surface area contributed by atoms with Gasteiger partial charge in [-0.25, -0.2) is 0 Å². The van der Waals surface area contributed by atoms with Crippen LogP contribution in [0.15, 0.2) is 22.7 Å². The molecule has 0 unspecified atom stereocenters. The molecule has 1 heterocycles. The van der Waals surface area contributed by atoms with Gasteiger partial charge in [-0.1, -0.05) is 22.0 Å². The molecule has 0 atom stereocenters. The van der Waals surface area contributed by atoms with Crippen LogP contribution in [0.3, 0.4) is 0 Å². The Hall–Kier alpha value is -0.580. The summed E-state index contributed by atoms with van der Waals surface area (Å²) in [7, 11) is 0. The summed E-state index contributed by atoms with van der Waals surface area (Å²) in [6.07, 6.45) is 0. The molecule has 0 saturated carbocycles. The summed E-state index contributed by atoms with van der Waals surface area (Å²) < 4.78 is 6.45. The van der Waals surface area contributed by atoms with Gasteiger partial charge in [-0.2, -0.15) is 0 Å². The van der Waals surface area contributed by atoms with Gasteiger partial charge in [0.05, 0.1) is 13.2 Å². The van der Waals surface area contributed by atoms with E-state index in [9.17, 15) is 0 Å². The van der Waals surface area contributed by atoms with Crippen LogP contribution in [0.4, 0.5) is 5.69 Å². The van der Waals surface area contributed by atoms with Crippen LogP contribution in [0.2, 0.25) is 0 Å². The lowest BCUT2D eigenvalue weighted by atomic mass is 10.2. The van der Waals surface area contributed by atoms with E-state index in [-0.39, 0.29) is 0 Å². The number of anilines is 1. The monoisotopic (exact) mass is 298 g/mol. The van der Waals surface area contributed by atoms with Crippen LogP contribution in [0, 0.1) is 6.92 Å². The number of halogens is 1. The molecule has 4 heteroatoms. The quantitative estimate of drug-likeness (QED) is 0.924. The zero-order chi connectivity index (χ0) is 12.1. The minimum Gasteiger partial charge on any atom is -0.384 e. The average molecular weight is 299 g/mol. The SMILES string of the molecule is Cc1ccc(Br)cc1NCCN1CCOCC1. The number of nitrogens with zero attached hydrogens (tertiary/aromatic N) is 1. The maximum absolute atomic E-state index is 5.33. The van der Waals surface area contributed by atoms with Gasteiger partial charge in [0.1, 0.15) is 0 Å². The lowest BCUT2D eigenvalue weighted by Crippen LogP contribution is -2.39. The fourth-order valence-electron chi connectivity index (χ4n) is 1.96. The Morgan fingerprint density at radius 1 is 1.35 bits per heavy atom. The first-order valence-electron chi connectivity index (χ1n) is 6.06. The fraction of sp³-hybridized carbons (Fsp3) is 0.538. The minimum atomic E-state index is 0.871. The summed E-state index contributed by atoms with van der Waals surface area (Å²) in [4.78, 5) is 2.43. The molecule has 0 spiro atoms. The largest absolute Gasteiger partial charge is 0.384 e. The summed E-state index contributed by atoms with van der Waals surface area (Å²) >= 11 is 3.50. The van der Waals surface area contributed by atoms with Gasteiger partial charge in [-0.15, -0.1) is 0 Å². The standard InChI is InChI=1S/C13H19BrN2O/c1-11-2-3-12(14)10-13(11)15-4-5-16-6-8-17-9-7-16/h2-3,10,15H,4-9H2,1H3. The van der Waals surface area contributed by atoms with E-state index < -0.39 is 0 Å². The van der Waals surface area contributed by atoms with E-state index in [0.29, 0.717) is 0 Å². The number of morpholine rings is 1. The molecule has 1 fully saturated rings. The van der Waals surface area contributed by atoms with Crippen molar-refractivity contribution in [2.24, 2.45) is 0 Å². The van der Waals surface area contributed by atoms with E-state index in [4.69, 9.17) is 4.74 Å². The minimum absolute atomic E-state index is 0.871. The molecule has 2 rings (SSSR count). The highest BCUT2D eigenvalue weighted by Crippen LogP contribution is 2.20. The zero-order valence-corrected chi connectivity index (χ0v) is 11.8. The number of hydrogen-bond acceptors (Lipinski definition) is 3. The third-order valence-electron chi connectivity index (χ3n) is 3.05. The summed E-state index contributed by atoms with van der Waals surface area (Å²) in [5, 5.41) is 3.49. The van der Waals surface area contributed by atoms with Crippen LogP contribution in [0.5, 0.6) is 0 Å². The van der Waals surface area contributed by atoms with E-state index in [1.54, 1.807) is 0 Å². The molecule has 0 bridgehead atoms. The highest BCUT2D eigenvalue weighted by molar-refractivity contribution is 9.10. The molecule has 1 aromatic rings. The predicted octanol–water partition coefficient (Wildman–Crippen LogP) is 2.50. The molecule has 94 valence electrons. The van der Waals surface area contributed by atoms with E-state index in [1.807, 2.05) is 0 Å². The van der Waals surface area contributed by atoms with Gasteiger partial charge in [0.25, 0.3) is 0 Å². The fourth-order valence-corrected chi connectivity index (χ4v) is 2.32. The summed E-state index contributed by atoms with van der Waals surface area (Å²) in [6, 6.07) is 6.33. The van der Waals surface area contributed by atoms with Crippen molar-refractivity contribution >= 4 is 21.6 Å². The molecule has 1 aliphatic rings. The predicted molar refractivity (Wildman–Crippen MR) is 74.6 cm³/mol. The molecule has 1 saturated heterocycles. The Balaban J connectivity index is 1.79. The zero-order valence-electron chi connectivity index (χ0n) is 10.2. The summed E-state index contributed by atoms with van der Waals surface area (Å²) in [5.74, 6) is 0. The van der Waals surface area contributed by atoms with Crippen molar-refractivity contribution in [1.29, 1.82) is 0 Å². The molecular formula is C13H19BrN2O. The molecule has 0 aromatic heterocycles. The number of nitrogens with one attached hydrogen (secondary N) is 1. The third kappa shape index (κ3) is 3.98. The third-order valence-corrected chi connectivity index (χ3v) is 3.54. The lowest BCUT2D eigenvalue weighted by molar-refractivity contribution is 0.0398. The lowest BCUT2D eigenvalue weighted by Gasteiger charge is -2.26. The van der Waals surface area contributed by atoms with Gasteiger partial charge in [0, 0.05) is 36.3 Å². The molecule has 0 amide bonds. The number of rotatable bonds is 4. The van der Waals surface area contributed by atoms with Gasteiger partial charge in [0.2, 0.25) is 0 Å². The second-order valence-corrected chi connectivity index (χ2v) is 5.26. The summed E-state index contributed by atoms with van der Waals surface area (Å²) in [5.41, 5.74) is 2.50. The molecule has 0 radical (unpaired) electrons. The molecule has 0 aliphatic carbocycles. The van der Waals surface area contributed by atoms with Gasteiger partial charge in [-0.3, -0.25) is 4.90 Å². The second-order valence-electron chi connectivity index (χ2n) is 4.34. The van der Waals surface area contributed by atoms with Crippen molar-refractivity contribution in [3.8, 4) is 0 Å². The van der Waals surface area contributed by atoms with Gasteiger partial charge in [-0.05, 0) is 24.6 Å². The first kappa shape index (κ1) is 12.9. The van der Waals surface area contributed by atoms with Crippen LogP contribution in [-0.2, 0) is 4.74 Å². The molecule has 1 N–H and O–H groups in total. The highest BCUT2D eigenvalue weighted by atomic mass is 79.9. The first-order chi connectivity index (χ1) is 8.25. The van der Waals surface area contributed by atoms with Crippen LogP contribution in [0.1, 0.15) is 5.56 Å². The van der Waals surface area contributed by atoms with Gasteiger partial charge < -0.3 is 10.1 Å². The van der Waals surface area contributed by atoms with Crippen molar-refractivity contribution in [3.05, 3.63) is 28.2 Å². The van der Waals surface area contributed by atoms with Crippen molar-refractivity contribution < 1.29 is 4.74 Å². The van der Waals surface area contributed by atoms with Gasteiger partial charge in [0.15, 0.2) is 0 Å². The Morgan fingerprint density at radius 3 is 2.88 bits per heavy atom. The maximum atomic E-state index is 5.33. The Morgan fingerprint density at radius 2 is 2.12 bits per heavy atom. The van der Waals surface area contributed by atoms with Crippen molar-refractivity contribution in [2.75, 3.05) is 44.7 Å². The smallest absolute Gasteiger partial charge is 0.0594 e. The summed E-state index contributed by atoms with van der Waals surface area (Å²) in [6.45, 7) is 8.04. The number of ether oxygens (including phenoxy) is 1. The molecular weight excluding hydrogens is 280 g/mol. The number of aryl methyl sites for hydroxylation is 1. The average Bonchev–Trinajstić information content (AvgIpc) is 2.35. The molecule has 3 nitrogen and oxygen atoms in total. The topological polar surface area (TPSA) is 24.5 Å². The van der Waals surface area contributed by atoms with Crippen molar-refractivity contribution in [1.82, 2.24) is 4.90 Å². The van der Waals surface area contributed by atoms with Crippen molar-refractivity contribution in [2.45, 2.75) is 6.92 Å². The Bertz CT molecular complexity index is 364. The first-order valence-corrected chi connectivity index (χ1v) is 6.85. The molecule has 17 heavy (non-hydrogen) atoms. The molecule has 1 aromatic carbocycles. The molecule has 1 aliphatic heterocycles. The van der Waals surface area contributed by atoms with Crippen LogP contribution < -0.4 is 5.32 Å². The van der Waals surface area contributed by atoms with E-state index in [2.05, 4.69) is 51.3 Å². The van der Waals surface area contributed by atoms with Crippen LogP contribution in [-0.4, -0.2) is 44.3 Å². The highest BCUT2D eigenvalue weighted by Gasteiger charge is 2.09.